The van der Waals surface area contributed by atoms with Gasteiger partial charge in [0.05, 0.1) is 18.3 Å². The van der Waals surface area contributed by atoms with Crippen molar-refractivity contribution in [3.8, 4) is 0 Å². The summed E-state index contributed by atoms with van der Waals surface area (Å²) in [6.45, 7) is 4.83. The van der Waals surface area contributed by atoms with Crippen molar-refractivity contribution in [2.24, 2.45) is 0 Å². The summed E-state index contributed by atoms with van der Waals surface area (Å²) < 4.78 is 5.95. The average Bonchev–Trinajstić information content (AvgIpc) is 2.90. The normalized spacial score (nSPS) is 24.9. The molecule has 0 aliphatic carbocycles. The maximum absolute atomic E-state index is 13.9. The number of nitrogens with one attached hydrogen (secondary N) is 1. The largest absolute Gasteiger partial charge is 0.360 e. The van der Waals surface area contributed by atoms with Crippen molar-refractivity contribution in [1.29, 1.82) is 0 Å². The number of piperidine rings is 1. The van der Waals surface area contributed by atoms with Gasteiger partial charge in [-0.3, -0.25) is 14.5 Å². The van der Waals surface area contributed by atoms with Crippen LogP contribution in [0.5, 0.6) is 0 Å². The van der Waals surface area contributed by atoms with Crippen LogP contribution in [-0.2, 0) is 19.7 Å². The highest BCUT2D eigenvalue weighted by atomic mass is 35.5. The van der Waals surface area contributed by atoms with Crippen LogP contribution in [0.4, 0.5) is 5.69 Å². The van der Waals surface area contributed by atoms with Gasteiger partial charge in [-0.15, -0.1) is 0 Å². The number of hydrogen-bond donors (Lipinski definition) is 1. The predicted octanol–water partition coefficient (Wildman–Crippen LogP) is 4.23. The molecular formula is C23H33ClN2O3S. The summed E-state index contributed by atoms with van der Waals surface area (Å²) in [6, 6.07) is 5.27. The smallest absolute Gasteiger partial charge is 0.242 e. The Labute approximate surface area is 186 Å². The monoisotopic (exact) mass is 452 g/mol. The SMILES string of the molecule is C/C=C(\CC)[C@H]1NC(=O)CC[C@]12C(=O)N(COCCS(C)(C)C)c1cc(Cl)ccc12. The van der Waals surface area contributed by atoms with E-state index in [9.17, 15) is 9.59 Å². The lowest BCUT2D eigenvalue weighted by atomic mass is 9.67. The molecule has 1 aromatic carbocycles. The molecule has 5 nitrogen and oxygen atoms in total. The van der Waals surface area contributed by atoms with Crippen molar-refractivity contribution in [2.75, 3.05) is 42.8 Å². The molecular weight excluding hydrogens is 420 g/mol. The second-order valence-corrected chi connectivity index (χ2v) is 13.9. The van der Waals surface area contributed by atoms with Crippen LogP contribution < -0.4 is 10.2 Å². The molecule has 0 bridgehead atoms. The van der Waals surface area contributed by atoms with Crippen molar-refractivity contribution in [2.45, 2.75) is 44.6 Å². The Balaban J connectivity index is 1.99. The number of nitrogens with zero attached hydrogens (tertiary/aromatic N) is 1. The van der Waals surface area contributed by atoms with Crippen molar-refractivity contribution in [3.63, 3.8) is 0 Å². The van der Waals surface area contributed by atoms with Gasteiger partial charge in [0.25, 0.3) is 0 Å². The summed E-state index contributed by atoms with van der Waals surface area (Å²) >= 11 is 6.30. The second-order valence-electron chi connectivity index (χ2n) is 8.92. The maximum Gasteiger partial charge on any atom is 0.242 e. The van der Waals surface area contributed by atoms with Crippen LogP contribution in [0.25, 0.3) is 0 Å². The van der Waals surface area contributed by atoms with E-state index in [4.69, 9.17) is 16.3 Å². The van der Waals surface area contributed by atoms with Crippen LogP contribution >= 0.6 is 21.6 Å². The molecule has 0 radical (unpaired) electrons. The van der Waals surface area contributed by atoms with Crippen molar-refractivity contribution < 1.29 is 14.3 Å². The van der Waals surface area contributed by atoms with Crippen LogP contribution in [0.15, 0.2) is 29.8 Å². The Morgan fingerprint density at radius 2 is 2.10 bits per heavy atom. The fourth-order valence-electron chi connectivity index (χ4n) is 4.48. The molecule has 2 aliphatic rings. The number of carbonyl (C=O) groups excluding carboxylic acids is 2. The Kier molecular flexibility index (Phi) is 6.90. The van der Waals surface area contributed by atoms with Gasteiger partial charge in [-0.25, -0.2) is 10.0 Å². The lowest BCUT2D eigenvalue weighted by Crippen LogP contribution is -2.60. The van der Waals surface area contributed by atoms with E-state index in [1.165, 1.54) is 0 Å². The predicted molar refractivity (Wildman–Crippen MR) is 127 cm³/mol. The molecule has 2 amide bonds. The Hall–Kier alpha value is -1.50. The topological polar surface area (TPSA) is 58.6 Å². The molecule has 3 rings (SSSR count). The number of fused-ring (bicyclic) bond motifs is 2. The van der Waals surface area contributed by atoms with Crippen LogP contribution in [0, 0.1) is 0 Å². The molecule has 7 heteroatoms. The van der Waals surface area contributed by atoms with Crippen LogP contribution in [0.3, 0.4) is 0 Å². The number of carbonyl (C=O) groups is 2. The van der Waals surface area contributed by atoms with E-state index in [-0.39, 0.29) is 24.6 Å². The third-order valence-corrected chi connectivity index (χ3v) is 7.74. The van der Waals surface area contributed by atoms with Gasteiger partial charge in [0, 0.05) is 17.2 Å². The van der Waals surface area contributed by atoms with Crippen LogP contribution in [0.2, 0.25) is 5.02 Å². The van der Waals surface area contributed by atoms with Crippen molar-refractivity contribution >= 4 is 39.1 Å². The minimum absolute atomic E-state index is 0.00964. The number of ether oxygens (including phenoxy) is 1. The summed E-state index contributed by atoms with van der Waals surface area (Å²) in [5.41, 5.74) is 1.98. The van der Waals surface area contributed by atoms with E-state index in [0.29, 0.717) is 24.5 Å². The minimum atomic E-state index is -0.815. The van der Waals surface area contributed by atoms with Crippen LogP contribution in [-0.4, -0.2) is 55.7 Å². The number of hydrogen-bond acceptors (Lipinski definition) is 3. The Bertz CT molecular complexity index is 864. The van der Waals surface area contributed by atoms with Gasteiger partial charge in [-0.05, 0) is 56.2 Å². The van der Waals surface area contributed by atoms with E-state index in [2.05, 4.69) is 31.0 Å². The third kappa shape index (κ3) is 4.27. The quantitative estimate of drug-likeness (QED) is 0.497. The molecule has 2 atom stereocenters. The van der Waals surface area contributed by atoms with Crippen molar-refractivity contribution in [3.05, 3.63) is 40.4 Å². The van der Waals surface area contributed by atoms with Gasteiger partial charge in [0.2, 0.25) is 11.8 Å². The molecule has 1 spiro atoms. The number of anilines is 1. The van der Waals surface area contributed by atoms with Gasteiger partial charge < -0.3 is 10.1 Å². The molecule has 0 aromatic heterocycles. The molecule has 1 fully saturated rings. The Morgan fingerprint density at radius 3 is 2.73 bits per heavy atom. The first-order valence-electron chi connectivity index (χ1n) is 10.4. The molecule has 1 saturated heterocycles. The molecule has 30 heavy (non-hydrogen) atoms. The van der Waals surface area contributed by atoms with E-state index >= 15 is 0 Å². The number of rotatable bonds is 7. The minimum Gasteiger partial charge on any atom is -0.360 e. The maximum atomic E-state index is 13.9. The van der Waals surface area contributed by atoms with Gasteiger partial charge in [-0.2, -0.15) is 0 Å². The average molecular weight is 453 g/mol. The molecule has 1 aromatic rings. The zero-order chi connectivity index (χ0) is 22.1. The summed E-state index contributed by atoms with van der Waals surface area (Å²) in [6.07, 6.45) is 10.3. The van der Waals surface area contributed by atoms with Gasteiger partial charge >= 0.3 is 0 Å². The van der Waals surface area contributed by atoms with Crippen LogP contribution in [0.1, 0.15) is 38.7 Å². The summed E-state index contributed by atoms with van der Waals surface area (Å²) in [5.74, 6) is 0.963. The Morgan fingerprint density at radius 1 is 1.37 bits per heavy atom. The number of benzene rings is 1. The molecule has 1 N–H and O–H groups in total. The molecule has 0 unspecified atom stereocenters. The number of amides is 2. The highest BCUT2D eigenvalue weighted by molar-refractivity contribution is 8.32. The lowest BCUT2D eigenvalue weighted by molar-refractivity contribution is -0.130. The van der Waals surface area contributed by atoms with Gasteiger partial charge in [0.1, 0.15) is 12.1 Å². The molecule has 2 aliphatic heterocycles. The zero-order valence-corrected chi connectivity index (χ0v) is 20.2. The first-order valence-corrected chi connectivity index (χ1v) is 13.8. The standard InChI is InChI=1S/C23H33ClN2O3S/c1-6-16(7-2)21-23(11-10-20(27)25-21)18-9-8-17(24)14-19(18)26(22(23)28)15-29-12-13-30(3,4)5/h6,8-9,14,21H,7,10-13,15H2,1-5H3,(H,25,27)/b16-6+/t21-,23-/m1/s1. The van der Waals surface area contributed by atoms with E-state index < -0.39 is 15.4 Å². The fourth-order valence-corrected chi connectivity index (χ4v) is 5.26. The molecule has 2 heterocycles. The fraction of sp³-hybridized carbons (Fsp3) is 0.565. The highest BCUT2D eigenvalue weighted by Gasteiger charge is 2.58. The van der Waals surface area contributed by atoms with Crippen molar-refractivity contribution in [1.82, 2.24) is 5.32 Å². The number of halogens is 1. The van der Waals surface area contributed by atoms with Gasteiger partial charge in [-0.1, -0.05) is 36.2 Å². The van der Waals surface area contributed by atoms with E-state index in [0.717, 1.165) is 29.0 Å². The first-order chi connectivity index (χ1) is 14.1. The third-order valence-electron chi connectivity index (χ3n) is 6.11. The molecule has 0 saturated carbocycles. The zero-order valence-electron chi connectivity index (χ0n) is 18.6. The number of allylic oxidation sites excluding steroid dienone is 1. The highest BCUT2D eigenvalue weighted by Crippen LogP contribution is 2.50. The molecule has 166 valence electrons. The summed E-state index contributed by atoms with van der Waals surface area (Å²) in [5, 5.41) is 3.70. The first kappa shape index (κ1) is 23.2. The second kappa shape index (κ2) is 8.93. The summed E-state index contributed by atoms with van der Waals surface area (Å²) in [7, 11) is -0.665. The van der Waals surface area contributed by atoms with E-state index in [1.807, 2.05) is 31.2 Å². The summed E-state index contributed by atoms with van der Waals surface area (Å²) in [4.78, 5) is 27.9. The lowest BCUT2D eigenvalue weighted by Gasteiger charge is -2.42. The van der Waals surface area contributed by atoms with E-state index in [1.54, 1.807) is 4.90 Å². The van der Waals surface area contributed by atoms with Gasteiger partial charge in [0.15, 0.2) is 0 Å².